The molecule has 2 N–H and O–H groups in total. The predicted molar refractivity (Wildman–Crippen MR) is 77.1 cm³/mol. The number of nitrogen functional groups attached to an aromatic ring is 1. The van der Waals surface area contributed by atoms with Crippen molar-refractivity contribution in [2.24, 2.45) is 0 Å². The van der Waals surface area contributed by atoms with Crippen LogP contribution < -0.4 is 10.5 Å². The summed E-state index contributed by atoms with van der Waals surface area (Å²) in [6, 6.07) is 10.4. The molecular formula is C16H19NO. The third kappa shape index (κ3) is 2.33. The summed E-state index contributed by atoms with van der Waals surface area (Å²) in [5, 5.41) is 0. The zero-order valence-corrected chi connectivity index (χ0v) is 11.4. The Bertz CT molecular complexity index is 544. The van der Waals surface area contributed by atoms with Gasteiger partial charge in [0, 0.05) is 5.69 Å². The monoisotopic (exact) mass is 241 g/mol. The first-order chi connectivity index (χ1) is 8.51. The minimum Gasteiger partial charge on any atom is -0.496 e. The highest BCUT2D eigenvalue weighted by atomic mass is 16.5. The van der Waals surface area contributed by atoms with E-state index in [0.717, 1.165) is 28.1 Å². The molecule has 2 nitrogen and oxygen atoms in total. The van der Waals surface area contributed by atoms with Crippen LogP contribution in [-0.2, 0) is 0 Å². The molecule has 0 unspecified atom stereocenters. The molecule has 0 atom stereocenters. The maximum absolute atomic E-state index is 5.90. The number of aryl methyl sites for hydroxylation is 3. The lowest BCUT2D eigenvalue weighted by molar-refractivity contribution is 0.408. The zero-order valence-electron chi connectivity index (χ0n) is 11.4. The van der Waals surface area contributed by atoms with Gasteiger partial charge in [0.1, 0.15) is 5.75 Å². The molecular weight excluding hydrogens is 222 g/mol. The standard InChI is InChI=1S/C16H19NO/c1-10-5-13(9-15(17)6-10)14-7-11(2)16(18-4)12(3)8-14/h5-9H,17H2,1-4H3. The molecule has 0 aromatic heterocycles. The number of benzene rings is 2. The third-order valence-corrected chi connectivity index (χ3v) is 3.10. The first-order valence-corrected chi connectivity index (χ1v) is 6.04. The van der Waals surface area contributed by atoms with E-state index in [1.54, 1.807) is 7.11 Å². The summed E-state index contributed by atoms with van der Waals surface area (Å²) in [6.45, 7) is 6.19. The molecule has 0 amide bonds. The molecule has 2 heteroatoms. The van der Waals surface area contributed by atoms with Gasteiger partial charge in [0.2, 0.25) is 0 Å². The van der Waals surface area contributed by atoms with Crippen molar-refractivity contribution < 1.29 is 4.74 Å². The molecule has 0 saturated carbocycles. The first-order valence-electron chi connectivity index (χ1n) is 6.04. The summed E-state index contributed by atoms with van der Waals surface area (Å²) in [4.78, 5) is 0. The predicted octanol–water partition coefficient (Wildman–Crippen LogP) is 3.87. The molecule has 94 valence electrons. The van der Waals surface area contributed by atoms with Crippen molar-refractivity contribution in [3.05, 3.63) is 47.0 Å². The Morgan fingerprint density at radius 3 is 1.89 bits per heavy atom. The van der Waals surface area contributed by atoms with E-state index < -0.39 is 0 Å². The molecule has 2 aromatic carbocycles. The van der Waals surface area contributed by atoms with Gasteiger partial charge in [0.15, 0.2) is 0 Å². The summed E-state index contributed by atoms with van der Waals surface area (Å²) in [6.07, 6.45) is 0. The number of nitrogens with two attached hydrogens (primary N) is 1. The van der Waals surface area contributed by atoms with Crippen molar-refractivity contribution in [2.45, 2.75) is 20.8 Å². The van der Waals surface area contributed by atoms with E-state index in [1.807, 2.05) is 12.1 Å². The van der Waals surface area contributed by atoms with Crippen molar-refractivity contribution in [2.75, 3.05) is 12.8 Å². The van der Waals surface area contributed by atoms with E-state index in [9.17, 15) is 0 Å². The number of methoxy groups -OCH3 is 1. The molecule has 2 rings (SSSR count). The lowest BCUT2D eigenvalue weighted by atomic mass is 9.98. The maximum Gasteiger partial charge on any atom is 0.124 e. The fourth-order valence-corrected chi connectivity index (χ4v) is 2.42. The number of rotatable bonds is 2. The van der Waals surface area contributed by atoms with E-state index in [4.69, 9.17) is 10.5 Å². The minimum atomic E-state index is 0.802. The third-order valence-electron chi connectivity index (χ3n) is 3.10. The highest BCUT2D eigenvalue weighted by molar-refractivity contribution is 5.71. The molecule has 0 saturated heterocycles. The second-order valence-electron chi connectivity index (χ2n) is 4.78. The Labute approximate surface area is 108 Å². The number of hydrogen-bond donors (Lipinski definition) is 1. The summed E-state index contributed by atoms with van der Waals surface area (Å²) in [7, 11) is 1.71. The van der Waals surface area contributed by atoms with Crippen LogP contribution in [0, 0.1) is 20.8 Å². The van der Waals surface area contributed by atoms with Crippen LogP contribution in [0.5, 0.6) is 5.75 Å². The minimum absolute atomic E-state index is 0.802. The molecule has 0 aliphatic carbocycles. The fraction of sp³-hybridized carbons (Fsp3) is 0.250. The Morgan fingerprint density at radius 1 is 0.833 bits per heavy atom. The Kier molecular flexibility index (Phi) is 3.28. The van der Waals surface area contributed by atoms with E-state index in [-0.39, 0.29) is 0 Å². The highest BCUT2D eigenvalue weighted by Crippen LogP contribution is 2.31. The Hall–Kier alpha value is -1.96. The fourth-order valence-electron chi connectivity index (χ4n) is 2.42. The van der Waals surface area contributed by atoms with E-state index in [2.05, 4.69) is 39.0 Å². The summed E-state index contributed by atoms with van der Waals surface area (Å²) in [5.41, 5.74) is 12.5. The van der Waals surface area contributed by atoms with Crippen LogP contribution >= 0.6 is 0 Å². The molecule has 0 bridgehead atoms. The molecule has 0 fully saturated rings. The largest absolute Gasteiger partial charge is 0.496 e. The first kappa shape index (κ1) is 12.5. The van der Waals surface area contributed by atoms with Crippen LogP contribution in [0.2, 0.25) is 0 Å². The average molecular weight is 241 g/mol. The molecule has 2 aromatic rings. The molecule has 0 aliphatic heterocycles. The van der Waals surface area contributed by atoms with Gasteiger partial charge in [0.25, 0.3) is 0 Å². The van der Waals surface area contributed by atoms with Gasteiger partial charge in [-0.25, -0.2) is 0 Å². The van der Waals surface area contributed by atoms with Crippen molar-refractivity contribution in [3.8, 4) is 16.9 Å². The van der Waals surface area contributed by atoms with Crippen molar-refractivity contribution >= 4 is 5.69 Å². The lowest BCUT2D eigenvalue weighted by Crippen LogP contribution is -1.93. The van der Waals surface area contributed by atoms with Gasteiger partial charge in [-0.05, 0) is 72.9 Å². The average Bonchev–Trinajstić information content (AvgIpc) is 2.27. The number of ether oxygens (including phenoxy) is 1. The summed E-state index contributed by atoms with van der Waals surface area (Å²) < 4.78 is 5.39. The van der Waals surface area contributed by atoms with Crippen molar-refractivity contribution in [3.63, 3.8) is 0 Å². The second-order valence-corrected chi connectivity index (χ2v) is 4.78. The molecule has 18 heavy (non-hydrogen) atoms. The normalized spacial score (nSPS) is 10.4. The van der Waals surface area contributed by atoms with Gasteiger partial charge in [-0.1, -0.05) is 6.07 Å². The number of hydrogen-bond acceptors (Lipinski definition) is 2. The van der Waals surface area contributed by atoms with Gasteiger partial charge >= 0.3 is 0 Å². The van der Waals surface area contributed by atoms with Crippen LogP contribution in [-0.4, -0.2) is 7.11 Å². The van der Waals surface area contributed by atoms with E-state index in [0.29, 0.717) is 0 Å². The second kappa shape index (κ2) is 4.73. The summed E-state index contributed by atoms with van der Waals surface area (Å²) in [5.74, 6) is 0.958. The number of anilines is 1. The lowest BCUT2D eigenvalue weighted by Gasteiger charge is -2.12. The van der Waals surface area contributed by atoms with E-state index >= 15 is 0 Å². The Balaban J connectivity index is 2.58. The van der Waals surface area contributed by atoms with Gasteiger partial charge in [0.05, 0.1) is 7.11 Å². The summed E-state index contributed by atoms with van der Waals surface area (Å²) >= 11 is 0. The van der Waals surface area contributed by atoms with Crippen LogP contribution in [0.3, 0.4) is 0 Å². The molecule has 0 heterocycles. The van der Waals surface area contributed by atoms with Gasteiger partial charge in [-0.15, -0.1) is 0 Å². The van der Waals surface area contributed by atoms with E-state index in [1.165, 1.54) is 11.1 Å². The topological polar surface area (TPSA) is 35.2 Å². The van der Waals surface area contributed by atoms with Crippen LogP contribution in [0.25, 0.3) is 11.1 Å². The SMILES string of the molecule is COc1c(C)cc(-c2cc(C)cc(N)c2)cc1C. The van der Waals surface area contributed by atoms with Crippen molar-refractivity contribution in [1.29, 1.82) is 0 Å². The zero-order chi connectivity index (χ0) is 13.3. The van der Waals surface area contributed by atoms with Gasteiger partial charge in [-0.2, -0.15) is 0 Å². The molecule has 0 spiro atoms. The molecule has 0 radical (unpaired) electrons. The highest BCUT2D eigenvalue weighted by Gasteiger charge is 2.07. The Morgan fingerprint density at radius 2 is 1.39 bits per heavy atom. The smallest absolute Gasteiger partial charge is 0.124 e. The van der Waals surface area contributed by atoms with Gasteiger partial charge in [-0.3, -0.25) is 0 Å². The van der Waals surface area contributed by atoms with Crippen molar-refractivity contribution in [1.82, 2.24) is 0 Å². The van der Waals surface area contributed by atoms with Crippen LogP contribution in [0.4, 0.5) is 5.69 Å². The quantitative estimate of drug-likeness (QED) is 0.810. The van der Waals surface area contributed by atoms with Crippen LogP contribution in [0.15, 0.2) is 30.3 Å². The molecule has 0 aliphatic rings. The van der Waals surface area contributed by atoms with Crippen LogP contribution in [0.1, 0.15) is 16.7 Å². The maximum atomic E-state index is 5.90. The van der Waals surface area contributed by atoms with Gasteiger partial charge < -0.3 is 10.5 Å².